The molecular formula is C19H20F3NO4. The van der Waals surface area contributed by atoms with Gasteiger partial charge in [0.05, 0.1) is 17.4 Å². The zero-order valence-corrected chi connectivity index (χ0v) is 14.6. The largest absolute Gasteiger partial charge is 0.504 e. The molecule has 2 N–H and O–H groups in total. The molecular weight excluding hydrogens is 363 g/mol. The normalized spacial score (nSPS) is 37.1. The first-order valence-electron chi connectivity index (χ1n) is 9.25. The Hall–Kier alpha value is -1.80. The summed E-state index contributed by atoms with van der Waals surface area (Å²) >= 11 is 0. The number of carbonyl (C=O) groups is 1. The Morgan fingerprint density at radius 2 is 2.07 bits per heavy atom. The van der Waals surface area contributed by atoms with Gasteiger partial charge in [-0.15, -0.1) is 0 Å². The zero-order valence-electron chi connectivity index (χ0n) is 14.6. The Morgan fingerprint density at radius 3 is 2.81 bits per heavy atom. The predicted octanol–water partition coefficient (Wildman–Crippen LogP) is 2.07. The molecule has 8 heteroatoms. The summed E-state index contributed by atoms with van der Waals surface area (Å²) in [4.78, 5) is 14.4. The highest BCUT2D eigenvalue weighted by molar-refractivity contribution is 5.90. The number of likely N-dealkylation sites (tertiary alicyclic amines) is 1. The molecule has 2 aliphatic heterocycles. The third-order valence-electron chi connectivity index (χ3n) is 7.05. The molecule has 0 aromatic heterocycles. The van der Waals surface area contributed by atoms with E-state index in [1.807, 2.05) is 0 Å². The van der Waals surface area contributed by atoms with Gasteiger partial charge in [-0.1, -0.05) is 6.07 Å². The van der Waals surface area contributed by atoms with Gasteiger partial charge in [0.1, 0.15) is 0 Å². The maximum atomic E-state index is 12.8. The lowest BCUT2D eigenvalue weighted by Crippen LogP contribution is -2.76. The number of ketones is 1. The monoisotopic (exact) mass is 383 g/mol. The summed E-state index contributed by atoms with van der Waals surface area (Å²) < 4.78 is 44.2. The van der Waals surface area contributed by atoms with Gasteiger partial charge >= 0.3 is 6.18 Å². The molecule has 4 atom stereocenters. The molecule has 146 valence electrons. The van der Waals surface area contributed by atoms with Gasteiger partial charge < -0.3 is 14.9 Å². The summed E-state index contributed by atoms with van der Waals surface area (Å²) in [6.07, 6.45) is -5.04. The molecule has 1 saturated carbocycles. The van der Waals surface area contributed by atoms with Crippen LogP contribution in [0.4, 0.5) is 13.2 Å². The third kappa shape index (κ3) is 2.05. The van der Waals surface area contributed by atoms with Gasteiger partial charge in [-0.25, -0.2) is 0 Å². The number of phenols is 1. The molecule has 2 heterocycles. The van der Waals surface area contributed by atoms with E-state index in [9.17, 15) is 28.2 Å². The van der Waals surface area contributed by atoms with Crippen LogP contribution in [0.15, 0.2) is 12.1 Å². The third-order valence-corrected chi connectivity index (χ3v) is 7.05. The maximum absolute atomic E-state index is 12.8. The molecule has 1 spiro atoms. The lowest BCUT2D eigenvalue weighted by atomic mass is 9.49. The Labute approximate surface area is 153 Å². The number of rotatable bonds is 2. The van der Waals surface area contributed by atoms with Crippen LogP contribution >= 0.6 is 0 Å². The summed E-state index contributed by atoms with van der Waals surface area (Å²) in [5.41, 5.74) is -0.800. The summed E-state index contributed by atoms with van der Waals surface area (Å²) in [6, 6.07) is 2.73. The lowest BCUT2D eigenvalue weighted by molar-refractivity contribution is -0.194. The number of Topliss-reactive ketones (excluding diaryl/α,β-unsaturated/α-hetero) is 1. The first-order chi connectivity index (χ1) is 12.7. The molecule has 0 radical (unpaired) electrons. The average molecular weight is 383 g/mol. The summed E-state index contributed by atoms with van der Waals surface area (Å²) in [5.74, 6) is 0.0737. The summed E-state index contributed by atoms with van der Waals surface area (Å²) in [7, 11) is 0. The lowest BCUT2D eigenvalue weighted by Gasteiger charge is -2.62. The van der Waals surface area contributed by atoms with Gasteiger partial charge in [-0.2, -0.15) is 13.2 Å². The second-order valence-corrected chi connectivity index (χ2v) is 8.18. The number of phenolic OH excluding ortho intramolecular Hbond substituents is 1. The van der Waals surface area contributed by atoms with Crippen LogP contribution in [0.5, 0.6) is 11.5 Å². The van der Waals surface area contributed by atoms with Crippen LogP contribution in [-0.2, 0) is 16.6 Å². The Kier molecular flexibility index (Phi) is 3.31. The van der Waals surface area contributed by atoms with Crippen molar-refractivity contribution >= 4 is 5.78 Å². The molecule has 2 fully saturated rings. The van der Waals surface area contributed by atoms with E-state index in [4.69, 9.17) is 4.74 Å². The van der Waals surface area contributed by atoms with Gasteiger partial charge in [0.15, 0.2) is 23.4 Å². The van der Waals surface area contributed by atoms with E-state index in [2.05, 4.69) is 0 Å². The molecule has 2 bridgehead atoms. The minimum atomic E-state index is -4.26. The number of aromatic hydroxyl groups is 1. The molecule has 5 rings (SSSR count). The van der Waals surface area contributed by atoms with E-state index < -0.39 is 35.8 Å². The molecule has 2 aliphatic carbocycles. The number of hydrogen-bond acceptors (Lipinski definition) is 5. The van der Waals surface area contributed by atoms with Crippen LogP contribution in [0.3, 0.4) is 0 Å². The first-order valence-corrected chi connectivity index (χ1v) is 9.25. The topological polar surface area (TPSA) is 70.0 Å². The molecule has 27 heavy (non-hydrogen) atoms. The van der Waals surface area contributed by atoms with Crippen molar-refractivity contribution in [3.63, 3.8) is 0 Å². The minimum absolute atomic E-state index is 0.0642. The fourth-order valence-corrected chi connectivity index (χ4v) is 5.95. The van der Waals surface area contributed by atoms with Crippen LogP contribution in [0, 0.1) is 0 Å². The predicted molar refractivity (Wildman–Crippen MR) is 87.7 cm³/mol. The molecule has 1 saturated heterocycles. The van der Waals surface area contributed by atoms with Gasteiger partial charge in [-0.05, 0) is 37.4 Å². The van der Waals surface area contributed by atoms with Crippen LogP contribution in [0.25, 0.3) is 0 Å². The van der Waals surface area contributed by atoms with Crippen molar-refractivity contribution in [2.45, 2.75) is 61.4 Å². The van der Waals surface area contributed by atoms with Crippen LogP contribution < -0.4 is 4.74 Å². The van der Waals surface area contributed by atoms with Crippen molar-refractivity contribution in [1.82, 2.24) is 4.90 Å². The highest BCUT2D eigenvalue weighted by Crippen LogP contribution is 2.64. The number of hydrogen-bond donors (Lipinski definition) is 2. The van der Waals surface area contributed by atoms with E-state index in [-0.39, 0.29) is 36.7 Å². The van der Waals surface area contributed by atoms with Crippen LogP contribution in [0.1, 0.15) is 36.8 Å². The van der Waals surface area contributed by atoms with E-state index in [1.54, 1.807) is 11.0 Å². The quantitative estimate of drug-likeness (QED) is 0.818. The number of aliphatic hydroxyl groups is 1. The highest BCUT2D eigenvalue weighted by Gasteiger charge is 2.73. The van der Waals surface area contributed by atoms with E-state index >= 15 is 0 Å². The number of ether oxygens (including phenoxy) is 1. The summed E-state index contributed by atoms with van der Waals surface area (Å²) in [5, 5.41) is 22.0. The molecule has 1 aromatic rings. The molecule has 1 unspecified atom stereocenters. The Morgan fingerprint density at radius 1 is 1.30 bits per heavy atom. The van der Waals surface area contributed by atoms with Crippen molar-refractivity contribution in [2.75, 3.05) is 13.1 Å². The second kappa shape index (κ2) is 5.17. The number of benzene rings is 1. The molecule has 0 amide bonds. The van der Waals surface area contributed by atoms with Gasteiger partial charge in [0, 0.05) is 24.6 Å². The van der Waals surface area contributed by atoms with E-state index in [0.29, 0.717) is 24.9 Å². The highest BCUT2D eigenvalue weighted by atomic mass is 19.4. The Balaban J connectivity index is 1.64. The summed E-state index contributed by atoms with van der Waals surface area (Å²) in [6.45, 7) is 0.178. The zero-order chi connectivity index (χ0) is 19.2. The molecule has 5 nitrogen and oxygen atoms in total. The van der Waals surface area contributed by atoms with Crippen LogP contribution in [-0.4, -0.2) is 57.9 Å². The SMILES string of the molecule is O=C1CCC2(O)[C@H]3Cc4ccc(O)c5c4[C@@]2(CCN3CCC(F)(F)F)[C@H]1O5. The minimum Gasteiger partial charge on any atom is -0.504 e. The first kappa shape index (κ1) is 17.3. The van der Waals surface area contributed by atoms with Gasteiger partial charge in [0.25, 0.3) is 0 Å². The van der Waals surface area contributed by atoms with Crippen molar-refractivity contribution in [3.05, 3.63) is 23.3 Å². The Bertz CT molecular complexity index is 841. The van der Waals surface area contributed by atoms with Crippen molar-refractivity contribution in [3.8, 4) is 11.5 Å². The fourth-order valence-electron chi connectivity index (χ4n) is 5.95. The average Bonchev–Trinajstić information content (AvgIpc) is 2.94. The van der Waals surface area contributed by atoms with Gasteiger partial charge in [0.2, 0.25) is 0 Å². The standard InChI is InChI=1S/C19H20F3NO4/c20-19(21,22)6-8-23-7-5-17-14-10-1-2-11(24)15(14)27-16(17)12(25)3-4-18(17,26)13(23)9-10/h1-2,13,16,24,26H,3-9H2/t13-,16+,17+,18?/m1/s1. The number of halogens is 3. The van der Waals surface area contributed by atoms with Crippen molar-refractivity contribution in [2.24, 2.45) is 0 Å². The fraction of sp³-hybridized carbons (Fsp3) is 0.632. The second-order valence-electron chi connectivity index (χ2n) is 8.18. The van der Waals surface area contributed by atoms with Crippen LogP contribution in [0.2, 0.25) is 0 Å². The molecule has 4 aliphatic rings. The number of piperidine rings is 1. The van der Waals surface area contributed by atoms with Crippen molar-refractivity contribution in [1.29, 1.82) is 0 Å². The maximum Gasteiger partial charge on any atom is 0.390 e. The van der Waals surface area contributed by atoms with Crippen molar-refractivity contribution < 1.29 is 32.9 Å². The number of nitrogens with zero attached hydrogens (tertiary/aromatic N) is 1. The smallest absolute Gasteiger partial charge is 0.390 e. The van der Waals surface area contributed by atoms with Gasteiger partial charge in [-0.3, -0.25) is 9.69 Å². The van der Waals surface area contributed by atoms with E-state index in [1.165, 1.54) is 6.07 Å². The van der Waals surface area contributed by atoms with E-state index in [0.717, 1.165) is 5.56 Å². The molecule has 1 aromatic carbocycles. The number of alkyl halides is 3. The number of carbonyl (C=O) groups excluding carboxylic acids is 1.